The Labute approximate surface area is 147 Å². The highest BCUT2D eigenvalue weighted by Crippen LogP contribution is 2.33. The van der Waals surface area contributed by atoms with E-state index in [0.29, 0.717) is 24.5 Å². The molecule has 130 valence electrons. The largest absolute Gasteiger partial charge is 0.370 e. The summed E-state index contributed by atoms with van der Waals surface area (Å²) in [4.78, 5) is 14.6. The van der Waals surface area contributed by atoms with Gasteiger partial charge in [0, 0.05) is 24.7 Å². The van der Waals surface area contributed by atoms with Crippen molar-refractivity contribution in [1.82, 2.24) is 10.1 Å². The van der Waals surface area contributed by atoms with Crippen molar-refractivity contribution in [1.29, 1.82) is 0 Å². The molecule has 5 nitrogen and oxygen atoms in total. The fraction of sp³-hybridized carbons (Fsp3) is 0.400. The normalized spacial score (nSPS) is 19.7. The minimum Gasteiger partial charge on any atom is -0.370 e. The summed E-state index contributed by atoms with van der Waals surface area (Å²) in [6.45, 7) is 4.27. The Kier molecular flexibility index (Phi) is 4.17. The number of rotatable bonds is 2. The summed E-state index contributed by atoms with van der Waals surface area (Å²) in [6, 6.07) is 11.5. The lowest BCUT2D eigenvalue weighted by Gasteiger charge is -2.41. The molecule has 0 aliphatic carbocycles. The van der Waals surface area contributed by atoms with Crippen LogP contribution in [0.15, 0.2) is 52.6 Å². The average molecular weight is 338 g/mol. The highest BCUT2D eigenvalue weighted by molar-refractivity contribution is 5.92. The topological polar surface area (TPSA) is 55.6 Å². The lowest BCUT2D eigenvalue weighted by atomic mass is 9.87. The molecule has 5 heteroatoms. The molecule has 1 aromatic carbocycles. The molecule has 0 atom stereocenters. The number of nitrogens with zero attached hydrogens (tertiary/aromatic N) is 2. The number of hydrogen-bond donors (Lipinski definition) is 0. The number of likely N-dealkylation sites (tertiary alicyclic amines) is 1. The van der Waals surface area contributed by atoms with Crippen LogP contribution in [-0.2, 0) is 4.74 Å². The van der Waals surface area contributed by atoms with Gasteiger partial charge in [-0.3, -0.25) is 4.79 Å². The van der Waals surface area contributed by atoms with Crippen LogP contribution in [0.4, 0.5) is 0 Å². The second kappa shape index (κ2) is 6.48. The molecule has 2 aliphatic rings. The predicted molar refractivity (Wildman–Crippen MR) is 94.1 cm³/mol. The van der Waals surface area contributed by atoms with Crippen molar-refractivity contribution in [3.8, 4) is 11.3 Å². The summed E-state index contributed by atoms with van der Waals surface area (Å²) in [7, 11) is 0. The Morgan fingerprint density at radius 1 is 1.20 bits per heavy atom. The van der Waals surface area contributed by atoms with Crippen molar-refractivity contribution in [3.63, 3.8) is 0 Å². The number of piperidine rings is 1. The zero-order valence-corrected chi connectivity index (χ0v) is 14.4. The first-order valence-electron chi connectivity index (χ1n) is 8.79. The van der Waals surface area contributed by atoms with Crippen molar-refractivity contribution in [2.24, 2.45) is 0 Å². The third-order valence-corrected chi connectivity index (χ3v) is 5.08. The van der Waals surface area contributed by atoms with Crippen LogP contribution in [0, 0.1) is 0 Å². The van der Waals surface area contributed by atoms with Crippen LogP contribution in [0.3, 0.4) is 0 Å². The van der Waals surface area contributed by atoms with Crippen molar-refractivity contribution >= 4 is 5.91 Å². The molecule has 1 spiro atoms. The molecule has 2 aliphatic heterocycles. The SMILES string of the molecule is CC1=CC2(CCN(C(=O)c3cc(-c4ccccc4)no3)CC2)OCC1. The summed E-state index contributed by atoms with van der Waals surface area (Å²) in [5, 5.41) is 4.04. The second-order valence-corrected chi connectivity index (χ2v) is 6.89. The molecule has 0 saturated carbocycles. The van der Waals surface area contributed by atoms with Crippen molar-refractivity contribution in [2.75, 3.05) is 19.7 Å². The third-order valence-electron chi connectivity index (χ3n) is 5.08. The molecule has 4 rings (SSSR count). The Morgan fingerprint density at radius 2 is 1.96 bits per heavy atom. The van der Waals surface area contributed by atoms with E-state index in [1.54, 1.807) is 6.07 Å². The number of carbonyl (C=O) groups is 1. The molecule has 1 fully saturated rings. The van der Waals surface area contributed by atoms with Gasteiger partial charge in [-0.2, -0.15) is 0 Å². The van der Waals surface area contributed by atoms with E-state index in [0.717, 1.165) is 31.4 Å². The third kappa shape index (κ3) is 3.24. The van der Waals surface area contributed by atoms with Gasteiger partial charge in [0.1, 0.15) is 5.69 Å². The van der Waals surface area contributed by atoms with Gasteiger partial charge in [-0.15, -0.1) is 0 Å². The minimum atomic E-state index is -0.185. The van der Waals surface area contributed by atoms with Gasteiger partial charge >= 0.3 is 0 Å². The number of benzene rings is 1. The van der Waals surface area contributed by atoms with Gasteiger partial charge in [0.2, 0.25) is 5.76 Å². The quantitative estimate of drug-likeness (QED) is 0.784. The van der Waals surface area contributed by atoms with Crippen LogP contribution in [0.25, 0.3) is 11.3 Å². The highest BCUT2D eigenvalue weighted by atomic mass is 16.5. The van der Waals surface area contributed by atoms with Gasteiger partial charge in [-0.1, -0.05) is 47.1 Å². The molecular weight excluding hydrogens is 316 g/mol. The smallest absolute Gasteiger partial charge is 0.292 e. The molecule has 1 aromatic heterocycles. The zero-order chi connectivity index (χ0) is 17.3. The van der Waals surface area contributed by atoms with Gasteiger partial charge in [0.05, 0.1) is 12.2 Å². The van der Waals surface area contributed by atoms with Crippen LogP contribution in [-0.4, -0.2) is 41.3 Å². The van der Waals surface area contributed by atoms with E-state index in [2.05, 4.69) is 18.2 Å². The molecule has 3 heterocycles. The summed E-state index contributed by atoms with van der Waals surface area (Å²) >= 11 is 0. The van der Waals surface area contributed by atoms with Gasteiger partial charge in [0.15, 0.2) is 0 Å². The zero-order valence-electron chi connectivity index (χ0n) is 14.4. The first-order chi connectivity index (χ1) is 12.2. The van der Waals surface area contributed by atoms with Gasteiger partial charge in [-0.25, -0.2) is 0 Å². The summed E-state index contributed by atoms with van der Waals surface area (Å²) in [6.07, 6.45) is 4.91. The van der Waals surface area contributed by atoms with Crippen LogP contribution in [0.2, 0.25) is 0 Å². The second-order valence-electron chi connectivity index (χ2n) is 6.89. The minimum absolute atomic E-state index is 0.0963. The van der Waals surface area contributed by atoms with Crippen molar-refractivity contribution in [3.05, 3.63) is 53.8 Å². The van der Waals surface area contributed by atoms with E-state index in [-0.39, 0.29) is 11.5 Å². The fourth-order valence-electron chi connectivity index (χ4n) is 3.63. The summed E-state index contributed by atoms with van der Waals surface area (Å²) < 4.78 is 11.3. The molecule has 0 N–H and O–H groups in total. The monoisotopic (exact) mass is 338 g/mol. The maximum absolute atomic E-state index is 12.7. The van der Waals surface area contributed by atoms with Crippen LogP contribution < -0.4 is 0 Å². The molecule has 1 saturated heterocycles. The fourth-order valence-corrected chi connectivity index (χ4v) is 3.63. The Bertz CT molecular complexity index is 786. The lowest BCUT2D eigenvalue weighted by Crippen LogP contribution is -2.48. The van der Waals surface area contributed by atoms with Crippen molar-refractivity contribution < 1.29 is 14.1 Å². The van der Waals surface area contributed by atoms with Gasteiger partial charge in [-0.05, 0) is 26.2 Å². The van der Waals surface area contributed by atoms with E-state index in [1.165, 1.54) is 5.57 Å². The van der Waals surface area contributed by atoms with E-state index in [9.17, 15) is 4.79 Å². The van der Waals surface area contributed by atoms with Crippen molar-refractivity contribution in [2.45, 2.75) is 31.8 Å². The first kappa shape index (κ1) is 16.1. The predicted octanol–water partition coefficient (Wildman–Crippen LogP) is 3.68. The Hall–Kier alpha value is -2.40. The molecular formula is C20H22N2O3. The van der Waals surface area contributed by atoms with Crippen LogP contribution >= 0.6 is 0 Å². The maximum atomic E-state index is 12.7. The Morgan fingerprint density at radius 3 is 2.68 bits per heavy atom. The number of ether oxygens (including phenoxy) is 1. The van der Waals surface area contributed by atoms with Crippen LogP contribution in [0.1, 0.15) is 36.7 Å². The van der Waals surface area contributed by atoms with E-state index in [1.807, 2.05) is 35.2 Å². The van der Waals surface area contributed by atoms with Gasteiger partial charge in [0.25, 0.3) is 5.91 Å². The van der Waals surface area contributed by atoms with E-state index < -0.39 is 0 Å². The van der Waals surface area contributed by atoms with E-state index >= 15 is 0 Å². The number of hydrogen-bond acceptors (Lipinski definition) is 4. The number of amides is 1. The maximum Gasteiger partial charge on any atom is 0.292 e. The average Bonchev–Trinajstić information content (AvgIpc) is 3.13. The molecule has 0 unspecified atom stereocenters. The Balaban J connectivity index is 1.45. The standard InChI is InChI=1S/C20H22N2O3/c1-15-7-12-24-20(14-15)8-10-22(11-9-20)19(23)18-13-17(21-25-18)16-5-3-2-4-6-16/h2-6,13-14H,7-12H2,1H3. The van der Waals surface area contributed by atoms with Gasteiger partial charge < -0.3 is 14.2 Å². The first-order valence-corrected chi connectivity index (χ1v) is 8.79. The molecule has 1 amide bonds. The number of carbonyl (C=O) groups excluding carboxylic acids is 1. The highest BCUT2D eigenvalue weighted by Gasteiger charge is 2.37. The van der Waals surface area contributed by atoms with Crippen LogP contribution in [0.5, 0.6) is 0 Å². The molecule has 0 radical (unpaired) electrons. The molecule has 25 heavy (non-hydrogen) atoms. The summed E-state index contributed by atoms with van der Waals surface area (Å²) in [5.41, 5.74) is 2.83. The lowest BCUT2D eigenvalue weighted by molar-refractivity contribution is -0.0525. The number of aromatic nitrogens is 1. The molecule has 2 aromatic rings. The molecule has 0 bridgehead atoms. The summed E-state index contributed by atoms with van der Waals surface area (Å²) in [5.74, 6) is 0.201. The van der Waals surface area contributed by atoms with E-state index in [4.69, 9.17) is 9.26 Å².